The van der Waals surface area contributed by atoms with E-state index in [2.05, 4.69) is 19.9 Å². The Kier molecular flexibility index (Phi) is 20.9. The predicted molar refractivity (Wildman–Crippen MR) is 121 cm³/mol. The topological polar surface area (TPSA) is 43.1 Å². The minimum atomic E-state index is -0.155. The molecule has 0 aromatic rings. The number of carbonyl (C=O) groups excluding carboxylic acids is 1. The summed E-state index contributed by atoms with van der Waals surface area (Å²) >= 11 is 0. The van der Waals surface area contributed by atoms with Crippen LogP contribution in [0.1, 0.15) is 142 Å². The molecule has 1 amide bonds. The standard InChI is InChI=1S/C25H49NO/c1-3-4-5-6-7-12-15-18-21-24(2)22-19-16-13-10-8-9-11-14-17-20-23-25(26)27/h22H,3-21,23H2,1-2H3,(H2,26,27)/b24-22-. The molecular weight excluding hydrogens is 330 g/mol. The summed E-state index contributed by atoms with van der Waals surface area (Å²) in [6.07, 6.45) is 28.5. The van der Waals surface area contributed by atoms with Crippen LogP contribution in [0.15, 0.2) is 11.6 Å². The monoisotopic (exact) mass is 379 g/mol. The number of allylic oxidation sites excluding steroid dienone is 2. The molecule has 0 aliphatic carbocycles. The summed E-state index contributed by atoms with van der Waals surface area (Å²) in [5.74, 6) is -0.155. The third-order valence-electron chi connectivity index (χ3n) is 5.54. The zero-order valence-electron chi connectivity index (χ0n) is 18.7. The largest absolute Gasteiger partial charge is 0.370 e. The van der Waals surface area contributed by atoms with Crippen molar-refractivity contribution in [3.05, 3.63) is 11.6 Å². The Hall–Kier alpha value is -0.790. The maximum absolute atomic E-state index is 10.6. The van der Waals surface area contributed by atoms with E-state index in [0.29, 0.717) is 6.42 Å². The van der Waals surface area contributed by atoms with E-state index in [9.17, 15) is 4.79 Å². The fraction of sp³-hybridized carbons (Fsp3) is 0.880. The molecule has 0 saturated carbocycles. The van der Waals surface area contributed by atoms with E-state index in [0.717, 1.165) is 12.8 Å². The van der Waals surface area contributed by atoms with E-state index in [1.807, 2.05) is 0 Å². The number of nitrogens with two attached hydrogens (primary N) is 1. The predicted octanol–water partition coefficient (Wildman–Crippen LogP) is 8.24. The van der Waals surface area contributed by atoms with Crippen LogP contribution in [0.25, 0.3) is 0 Å². The van der Waals surface area contributed by atoms with Crippen molar-refractivity contribution in [2.75, 3.05) is 0 Å². The molecule has 0 heterocycles. The van der Waals surface area contributed by atoms with Crippen LogP contribution in [-0.2, 0) is 4.79 Å². The molecule has 27 heavy (non-hydrogen) atoms. The van der Waals surface area contributed by atoms with Gasteiger partial charge in [-0.15, -0.1) is 0 Å². The Morgan fingerprint density at radius 2 is 1.04 bits per heavy atom. The Bertz CT molecular complexity index is 348. The highest BCUT2D eigenvalue weighted by atomic mass is 16.1. The van der Waals surface area contributed by atoms with Gasteiger partial charge in [0.25, 0.3) is 0 Å². The van der Waals surface area contributed by atoms with Gasteiger partial charge in [0.15, 0.2) is 0 Å². The second-order valence-electron chi connectivity index (χ2n) is 8.46. The first-order chi connectivity index (χ1) is 13.2. The van der Waals surface area contributed by atoms with Crippen molar-refractivity contribution in [1.82, 2.24) is 0 Å². The molecule has 0 aliphatic heterocycles. The van der Waals surface area contributed by atoms with Gasteiger partial charge in [-0.2, -0.15) is 0 Å². The molecule has 0 radical (unpaired) electrons. The van der Waals surface area contributed by atoms with Crippen molar-refractivity contribution in [3.63, 3.8) is 0 Å². The van der Waals surface area contributed by atoms with Crippen LogP contribution < -0.4 is 5.73 Å². The van der Waals surface area contributed by atoms with E-state index in [-0.39, 0.29) is 5.91 Å². The highest BCUT2D eigenvalue weighted by Crippen LogP contribution is 2.15. The van der Waals surface area contributed by atoms with Gasteiger partial charge in [-0.3, -0.25) is 4.79 Å². The first-order valence-electron chi connectivity index (χ1n) is 12.1. The quantitative estimate of drug-likeness (QED) is 0.158. The highest BCUT2D eigenvalue weighted by Gasteiger charge is 1.96. The lowest BCUT2D eigenvalue weighted by molar-refractivity contribution is -0.118. The van der Waals surface area contributed by atoms with Crippen molar-refractivity contribution >= 4 is 5.91 Å². The highest BCUT2D eigenvalue weighted by molar-refractivity contribution is 5.73. The fourth-order valence-electron chi connectivity index (χ4n) is 3.67. The van der Waals surface area contributed by atoms with Gasteiger partial charge < -0.3 is 5.73 Å². The van der Waals surface area contributed by atoms with Crippen molar-refractivity contribution in [1.29, 1.82) is 0 Å². The van der Waals surface area contributed by atoms with Crippen LogP contribution in [0.2, 0.25) is 0 Å². The molecule has 0 rings (SSSR count). The van der Waals surface area contributed by atoms with Crippen molar-refractivity contribution < 1.29 is 4.79 Å². The molecule has 0 aromatic heterocycles. The lowest BCUT2D eigenvalue weighted by atomic mass is 10.0. The zero-order valence-corrected chi connectivity index (χ0v) is 18.7. The molecular formula is C25H49NO. The van der Waals surface area contributed by atoms with Crippen LogP contribution in [-0.4, -0.2) is 5.91 Å². The van der Waals surface area contributed by atoms with Crippen LogP contribution >= 0.6 is 0 Å². The molecule has 2 heteroatoms. The SMILES string of the molecule is CCCCCCCCCC/C(C)=C\CCCCCCCCCCCC(N)=O. The molecule has 0 spiro atoms. The fourth-order valence-corrected chi connectivity index (χ4v) is 3.67. The second kappa shape index (κ2) is 21.5. The van der Waals surface area contributed by atoms with E-state index in [1.165, 1.54) is 109 Å². The van der Waals surface area contributed by atoms with Crippen LogP contribution in [0.5, 0.6) is 0 Å². The van der Waals surface area contributed by atoms with Crippen molar-refractivity contribution in [3.8, 4) is 0 Å². The first-order valence-corrected chi connectivity index (χ1v) is 12.1. The summed E-state index contributed by atoms with van der Waals surface area (Å²) < 4.78 is 0. The second-order valence-corrected chi connectivity index (χ2v) is 8.46. The molecule has 160 valence electrons. The van der Waals surface area contributed by atoms with E-state index >= 15 is 0 Å². The van der Waals surface area contributed by atoms with E-state index < -0.39 is 0 Å². The molecule has 2 N–H and O–H groups in total. The molecule has 2 nitrogen and oxygen atoms in total. The van der Waals surface area contributed by atoms with Gasteiger partial charge >= 0.3 is 0 Å². The van der Waals surface area contributed by atoms with Crippen LogP contribution in [0.4, 0.5) is 0 Å². The molecule has 0 bridgehead atoms. The van der Waals surface area contributed by atoms with Crippen molar-refractivity contribution in [2.45, 2.75) is 142 Å². The Morgan fingerprint density at radius 3 is 1.52 bits per heavy atom. The van der Waals surface area contributed by atoms with Gasteiger partial charge in [0.1, 0.15) is 0 Å². The number of unbranched alkanes of at least 4 members (excludes halogenated alkanes) is 16. The van der Waals surface area contributed by atoms with E-state index in [1.54, 1.807) is 5.57 Å². The van der Waals surface area contributed by atoms with Crippen LogP contribution in [0, 0.1) is 0 Å². The number of carbonyl (C=O) groups is 1. The molecule has 0 fully saturated rings. The number of hydrogen-bond acceptors (Lipinski definition) is 1. The summed E-state index contributed by atoms with van der Waals surface area (Å²) in [6.45, 7) is 4.60. The van der Waals surface area contributed by atoms with Gasteiger partial charge in [-0.25, -0.2) is 0 Å². The smallest absolute Gasteiger partial charge is 0.217 e. The molecule has 0 atom stereocenters. The molecule has 0 saturated heterocycles. The van der Waals surface area contributed by atoms with Gasteiger partial charge in [0.05, 0.1) is 0 Å². The van der Waals surface area contributed by atoms with Gasteiger partial charge in [-0.05, 0) is 39.0 Å². The maximum Gasteiger partial charge on any atom is 0.217 e. The summed E-state index contributed by atoms with van der Waals surface area (Å²) in [6, 6.07) is 0. The number of hydrogen-bond donors (Lipinski definition) is 1. The minimum Gasteiger partial charge on any atom is -0.370 e. The summed E-state index contributed by atoms with van der Waals surface area (Å²) in [7, 11) is 0. The molecule has 0 aromatic carbocycles. The third-order valence-corrected chi connectivity index (χ3v) is 5.54. The Labute approximate surface area is 170 Å². The Morgan fingerprint density at radius 1 is 0.630 bits per heavy atom. The van der Waals surface area contributed by atoms with Crippen LogP contribution in [0.3, 0.4) is 0 Å². The first kappa shape index (κ1) is 26.2. The van der Waals surface area contributed by atoms with Gasteiger partial charge in [0.2, 0.25) is 5.91 Å². The number of primary amides is 1. The van der Waals surface area contributed by atoms with E-state index in [4.69, 9.17) is 5.73 Å². The Balaban J connectivity index is 3.25. The van der Waals surface area contributed by atoms with Gasteiger partial charge in [0, 0.05) is 6.42 Å². The van der Waals surface area contributed by atoms with Gasteiger partial charge in [-0.1, -0.05) is 108 Å². The van der Waals surface area contributed by atoms with Crippen molar-refractivity contribution in [2.24, 2.45) is 5.73 Å². The summed E-state index contributed by atoms with van der Waals surface area (Å²) in [5, 5.41) is 0. The summed E-state index contributed by atoms with van der Waals surface area (Å²) in [4.78, 5) is 10.6. The maximum atomic E-state index is 10.6. The lowest BCUT2D eigenvalue weighted by Gasteiger charge is -2.04. The number of amides is 1. The zero-order chi connectivity index (χ0) is 20.0. The average Bonchev–Trinajstić information content (AvgIpc) is 2.64. The number of rotatable bonds is 21. The lowest BCUT2D eigenvalue weighted by Crippen LogP contribution is -2.09. The minimum absolute atomic E-state index is 0.155. The molecule has 0 aliphatic rings. The third kappa shape index (κ3) is 23.2. The normalized spacial score (nSPS) is 11.9. The summed E-state index contributed by atoms with van der Waals surface area (Å²) in [5.41, 5.74) is 6.75. The average molecular weight is 380 g/mol. The molecule has 0 unspecified atom stereocenters.